The van der Waals surface area contributed by atoms with Gasteiger partial charge in [-0.2, -0.15) is 5.26 Å². The Kier molecular flexibility index (Phi) is 6.49. The molecule has 0 aromatic carbocycles. The third kappa shape index (κ3) is 3.87. The summed E-state index contributed by atoms with van der Waals surface area (Å²) in [5.41, 5.74) is 0.385. The first-order chi connectivity index (χ1) is 18.2. The summed E-state index contributed by atoms with van der Waals surface area (Å²) in [5.74, 6) is 1.82. The average Bonchev–Trinajstić information content (AvgIpc) is 3.44. The number of esters is 1. The van der Waals surface area contributed by atoms with Crippen LogP contribution in [0.3, 0.4) is 0 Å². The smallest absolute Gasteiger partial charge is 0.321 e. The van der Waals surface area contributed by atoms with Gasteiger partial charge in [0.2, 0.25) is 5.91 Å². The van der Waals surface area contributed by atoms with E-state index >= 15 is 0 Å². The topological polar surface area (TPSA) is 115 Å². The molecule has 0 radical (unpaired) electrons. The maximum Gasteiger partial charge on any atom is 0.321 e. The number of aliphatic imine (C=N–C) groups is 1. The molecule has 10 heteroatoms. The summed E-state index contributed by atoms with van der Waals surface area (Å²) in [5, 5.41) is 9.45. The van der Waals surface area contributed by atoms with Crippen molar-refractivity contribution in [1.82, 2.24) is 14.9 Å². The third-order valence-electron chi connectivity index (χ3n) is 8.78. The second-order valence-corrected chi connectivity index (χ2v) is 11.1. The molecule has 1 unspecified atom stereocenters. The molecule has 1 aromatic rings. The number of aromatic nitrogens is 2. The van der Waals surface area contributed by atoms with Crippen molar-refractivity contribution < 1.29 is 14.3 Å². The maximum absolute atomic E-state index is 13.5. The highest BCUT2D eigenvalue weighted by Crippen LogP contribution is 2.55. The number of hydrogen-bond acceptors (Lipinski definition) is 8. The highest BCUT2D eigenvalue weighted by atomic mass is 16.5. The van der Waals surface area contributed by atoms with Crippen LogP contribution in [0.25, 0.3) is 0 Å². The van der Waals surface area contributed by atoms with Gasteiger partial charge in [-0.1, -0.05) is 19.1 Å². The molecule has 1 aromatic heterocycles. The number of allylic oxidation sites excluding steroid dienone is 2. The number of amides is 1. The Hall–Kier alpha value is -3.74. The Labute approximate surface area is 223 Å². The van der Waals surface area contributed by atoms with E-state index in [1.165, 1.54) is 6.08 Å². The molecule has 1 saturated carbocycles. The summed E-state index contributed by atoms with van der Waals surface area (Å²) >= 11 is 0. The molecule has 10 nitrogen and oxygen atoms in total. The summed E-state index contributed by atoms with van der Waals surface area (Å²) < 4.78 is 5.15. The number of piperazine rings is 1. The SMILES string of the molecule is C=C/C(C#N)=C\C(=NC)N1CC2(CCC2)c2c1ncnc2N1C[C@@H](C)N(C(=O)C2(C)CCOC2=O)C[C@@H]1C. The first-order valence-electron chi connectivity index (χ1n) is 13.3. The van der Waals surface area contributed by atoms with Gasteiger partial charge in [0, 0.05) is 56.2 Å². The predicted molar refractivity (Wildman–Crippen MR) is 144 cm³/mol. The highest BCUT2D eigenvalue weighted by molar-refractivity contribution is 6.08. The lowest BCUT2D eigenvalue weighted by atomic mass is 9.66. The fraction of sp³-hybridized carbons (Fsp3) is 0.571. The van der Waals surface area contributed by atoms with Gasteiger partial charge in [0.25, 0.3) is 0 Å². The Morgan fingerprint density at radius 2 is 1.97 bits per heavy atom. The Bertz CT molecular complexity index is 1280. The summed E-state index contributed by atoms with van der Waals surface area (Å²) in [4.78, 5) is 46.1. The van der Waals surface area contributed by atoms with Crippen LogP contribution in [0, 0.1) is 16.7 Å². The molecule has 4 aliphatic rings. The second-order valence-electron chi connectivity index (χ2n) is 11.1. The van der Waals surface area contributed by atoms with E-state index in [1.54, 1.807) is 26.4 Å². The number of amidine groups is 1. The molecule has 3 atom stereocenters. The third-order valence-corrected chi connectivity index (χ3v) is 8.78. The minimum atomic E-state index is -1.11. The fourth-order valence-corrected chi connectivity index (χ4v) is 6.29. The van der Waals surface area contributed by atoms with Crippen molar-refractivity contribution in [2.75, 3.05) is 43.1 Å². The Morgan fingerprint density at radius 3 is 2.55 bits per heavy atom. The van der Waals surface area contributed by atoms with E-state index in [-0.39, 0.29) is 30.0 Å². The minimum absolute atomic E-state index is 0.00786. The van der Waals surface area contributed by atoms with Crippen LogP contribution in [0.15, 0.2) is 35.6 Å². The minimum Gasteiger partial charge on any atom is -0.465 e. The predicted octanol–water partition coefficient (Wildman–Crippen LogP) is 2.76. The lowest BCUT2D eigenvalue weighted by molar-refractivity contribution is -0.157. The number of anilines is 2. The van der Waals surface area contributed by atoms with E-state index < -0.39 is 11.4 Å². The standard InChI is InChI=1S/C28H35N7O3/c1-6-20(13-29)12-21(30-5)35-16-28(8-7-9-28)22-23(31-17-32-24(22)35)33-14-19(3)34(15-18(33)2)25(36)27(4)10-11-38-26(27)37/h6,12,17-19H,1,7-11,14-16H2,2-5H3/b20-12+,30-21?/t18-,19+,27?/m0/s1. The molecule has 1 aliphatic carbocycles. The number of nitrogens with zero attached hydrogens (tertiary/aromatic N) is 7. The van der Waals surface area contributed by atoms with Crippen molar-refractivity contribution in [2.45, 2.75) is 64.0 Å². The molecule has 0 N–H and O–H groups in total. The van der Waals surface area contributed by atoms with Crippen molar-refractivity contribution in [3.05, 3.63) is 36.2 Å². The quantitative estimate of drug-likeness (QED) is 0.150. The number of fused-ring (bicyclic) bond motifs is 2. The van der Waals surface area contributed by atoms with E-state index in [1.807, 2.05) is 11.8 Å². The monoisotopic (exact) mass is 517 g/mol. The molecular formula is C28H35N7O3. The van der Waals surface area contributed by atoms with Gasteiger partial charge in [0.05, 0.1) is 18.2 Å². The summed E-state index contributed by atoms with van der Waals surface area (Å²) in [6.07, 6.45) is 8.50. The van der Waals surface area contributed by atoms with Crippen molar-refractivity contribution in [1.29, 1.82) is 5.26 Å². The van der Waals surface area contributed by atoms with Gasteiger partial charge in [-0.05, 0) is 39.7 Å². The summed E-state index contributed by atoms with van der Waals surface area (Å²) in [7, 11) is 1.72. The van der Waals surface area contributed by atoms with Crippen LogP contribution in [-0.2, 0) is 19.7 Å². The first kappa shape index (κ1) is 25.9. The van der Waals surface area contributed by atoms with E-state index in [4.69, 9.17) is 14.7 Å². The largest absolute Gasteiger partial charge is 0.465 e. The van der Waals surface area contributed by atoms with E-state index in [0.717, 1.165) is 43.0 Å². The lowest BCUT2D eigenvalue weighted by Gasteiger charge is -2.48. The van der Waals surface area contributed by atoms with Crippen LogP contribution < -0.4 is 9.80 Å². The summed E-state index contributed by atoms with van der Waals surface area (Å²) in [6.45, 7) is 11.7. The van der Waals surface area contributed by atoms with Crippen molar-refractivity contribution >= 4 is 29.3 Å². The number of rotatable bonds is 4. The number of hydrogen-bond donors (Lipinski definition) is 0. The van der Waals surface area contributed by atoms with Gasteiger partial charge in [0.1, 0.15) is 29.2 Å². The first-order valence-corrected chi connectivity index (χ1v) is 13.3. The molecule has 0 bridgehead atoms. The lowest BCUT2D eigenvalue weighted by Crippen LogP contribution is -2.61. The van der Waals surface area contributed by atoms with Gasteiger partial charge in [-0.15, -0.1) is 0 Å². The molecule has 3 aliphatic heterocycles. The van der Waals surface area contributed by atoms with Crippen molar-refractivity contribution in [2.24, 2.45) is 10.4 Å². The average molecular weight is 518 g/mol. The maximum atomic E-state index is 13.5. The van der Waals surface area contributed by atoms with Crippen LogP contribution in [0.1, 0.15) is 52.0 Å². The zero-order valence-corrected chi connectivity index (χ0v) is 22.6. The fourth-order valence-electron chi connectivity index (χ4n) is 6.29. The number of carbonyl (C=O) groups excluding carboxylic acids is 2. The normalized spacial score (nSPS) is 28.6. The molecule has 1 spiro atoms. The van der Waals surface area contributed by atoms with Gasteiger partial charge < -0.3 is 19.4 Å². The molecule has 3 fully saturated rings. The number of nitriles is 1. The zero-order valence-electron chi connectivity index (χ0n) is 22.6. The van der Waals surface area contributed by atoms with E-state index in [0.29, 0.717) is 30.9 Å². The molecule has 2 saturated heterocycles. The van der Waals surface area contributed by atoms with Crippen molar-refractivity contribution in [3.63, 3.8) is 0 Å². The Morgan fingerprint density at radius 1 is 1.24 bits per heavy atom. The van der Waals surface area contributed by atoms with Gasteiger partial charge in [0.15, 0.2) is 0 Å². The second kappa shape index (κ2) is 9.53. The molecule has 1 amide bonds. The zero-order chi connectivity index (χ0) is 27.2. The van der Waals surface area contributed by atoms with Crippen LogP contribution in [0.4, 0.5) is 11.6 Å². The molecule has 4 heterocycles. The molecule has 38 heavy (non-hydrogen) atoms. The number of carbonyl (C=O) groups is 2. The van der Waals surface area contributed by atoms with Crippen LogP contribution in [-0.4, -0.2) is 78.0 Å². The summed E-state index contributed by atoms with van der Waals surface area (Å²) in [6, 6.07) is 2.05. The van der Waals surface area contributed by atoms with Crippen LogP contribution in [0.2, 0.25) is 0 Å². The van der Waals surface area contributed by atoms with E-state index in [9.17, 15) is 14.9 Å². The number of ether oxygens (including phenoxy) is 1. The van der Waals surface area contributed by atoms with Gasteiger partial charge in [-0.25, -0.2) is 9.97 Å². The Balaban J connectivity index is 1.48. The van der Waals surface area contributed by atoms with E-state index in [2.05, 4.69) is 34.4 Å². The van der Waals surface area contributed by atoms with Gasteiger partial charge in [-0.3, -0.25) is 14.6 Å². The van der Waals surface area contributed by atoms with Gasteiger partial charge >= 0.3 is 5.97 Å². The number of cyclic esters (lactones) is 1. The van der Waals surface area contributed by atoms with Crippen LogP contribution >= 0.6 is 0 Å². The highest BCUT2D eigenvalue weighted by Gasteiger charge is 2.53. The van der Waals surface area contributed by atoms with Crippen molar-refractivity contribution in [3.8, 4) is 6.07 Å². The van der Waals surface area contributed by atoms with Crippen LogP contribution in [0.5, 0.6) is 0 Å². The molecule has 200 valence electrons. The molecule has 5 rings (SSSR count). The molecular weight excluding hydrogens is 482 g/mol.